The Labute approximate surface area is 102 Å². The summed E-state index contributed by atoms with van der Waals surface area (Å²) < 4.78 is 4.99. The van der Waals surface area contributed by atoms with Crippen molar-refractivity contribution in [2.45, 2.75) is 31.4 Å². The zero-order valence-electron chi connectivity index (χ0n) is 9.77. The van der Waals surface area contributed by atoms with Crippen LogP contribution in [0.4, 0.5) is 0 Å². The molecule has 1 aromatic carbocycles. The molecule has 1 aromatic rings. The molecule has 0 aliphatic heterocycles. The predicted octanol–water partition coefficient (Wildman–Crippen LogP) is 3.28. The molecule has 0 unspecified atom stereocenters. The molecule has 1 aliphatic rings. The van der Waals surface area contributed by atoms with Gasteiger partial charge in [-0.1, -0.05) is 12.5 Å². The third-order valence-electron chi connectivity index (χ3n) is 2.59. The van der Waals surface area contributed by atoms with E-state index >= 15 is 0 Å². The van der Waals surface area contributed by atoms with Crippen LogP contribution in [-0.2, 0) is 0 Å². The molecule has 2 nitrogen and oxygen atoms in total. The first-order chi connectivity index (χ1) is 7.67. The predicted molar refractivity (Wildman–Crippen MR) is 69.7 cm³/mol. The van der Waals surface area contributed by atoms with Crippen molar-refractivity contribution in [1.82, 2.24) is 0 Å². The van der Waals surface area contributed by atoms with Gasteiger partial charge in [-0.2, -0.15) is 12.6 Å². The van der Waals surface area contributed by atoms with Gasteiger partial charge in [-0.05, 0) is 37.5 Å². The van der Waals surface area contributed by atoms with Crippen LogP contribution in [0.15, 0.2) is 18.2 Å². The second-order valence-corrected chi connectivity index (χ2v) is 4.68. The second kappa shape index (κ2) is 6.59. The molecule has 0 bridgehead atoms. The minimum absolute atomic E-state index is 0.595. The van der Waals surface area contributed by atoms with E-state index < -0.39 is 0 Å². The normalized spacial score (nSPS) is 14.4. The molecular weight excluding hydrogens is 220 g/mol. The lowest BCUT2D eigenvalue weighted by Gasteiger charge is -2.17. The first-order valence-electron chi connectivity index (χ1n) is 5.45. The molecule has 3 heteroatoms. The number of aryl methyl sites for hydroxylation is 1. The third-order valence-corrected chi connectivity index (χ3v) is 3.11. The minimum atomic E-state index is 0.595. The monoisotopic (exact) mass is 238 g/mol. The highest BCUT2D eigenvalue weighted by Crippen LogP contribution is 2.22. The molecular formula is C13H18O2S. The van der Waals surface area contributed by atoms with E-state index in [2.05, 4.69) is 12.6 Å². The average Bonchev–Trinajstić information content (AvgIpc) is 2.27. The summed E-state index contributed by atoms with van der Waals surface area (Å²) in [6.45, 7) is 1.96. The molecule has 2 rings (SSSR count). The smallest absolute Gasteiger partial charge is 0.153 e. The molecule has 1 fully saturated rings. The minimum Gasteiger partial charge on any atom is -0.496 e. The Bertz CT molecular complexity index is 346. The van der Waals surface area contributed by atoms with Gasteiger partial charge in [0.25, 0.3) is 0 Å². The van der Waals surface area contributed by atoms with Crippen molar-refractivity contribution in [3.05, 3.63) is 29.3 Å². The summed E-state index contributed by atoms with van der Waals surface area (Å²) in [4.78, 5) is 10.4. The summed E-state index contributed by atoms with van der Waals surface area (Å²) in [5, 5.41) is 0.759. The van der Waals surface area contributed by atoms with E-state index in [-0.39, 0.29) is 0 Å². The number of aldehydes is 1. The SMILES string of the molecule is COc1cc(C)ccc1C=O.SC1CCC1. The van der Waals surface area contributed by atoms with Crippen molar-refractivity contribution >= 4 is 18.9 Å². The van der Waals surface area contributed by atoms with E-state index in [0.717, 1.165) is 17.1 Å². The zero-order valence-corrected chi connectivity index (χ0v) is 10.7. The zero-order chi connectivity index (χ0) is 12.0. The Morgan fingerprint density at radius 1 is 1.44 bits per heavy atom. The van der Waals surface area contributed by atoms with E-state index in [1.807, 2.05) is 19.1 Å². The molecule has 0 amide bonds. The van der Waals surface area contributed by atoms with Gasteiger partial charge in [-0.25, -0.2) is 0 Å². The number of methoxy groups -OCH3 is 1. The lowest BCUT2D eigenvalue weighted by Crippen LogP contribution is -2.08. The maximum absolute atomic E-state index is 10.4. The lowest BCUT2D eigenvalue weighted by atomic mass is 10.0. The van der Waals surface area contributed by atoms with Gasteiger partial charge < -0.3 is 4.74 Å². The van der Waals surface area contributed by atoms with Crippen LogP contribution in [-0.4, -0.2) is 18.6 Å². The molecule has 0 atom stereocenters. The molecule has 0 radical (unpaired) electrons. The van der Waals surface area contributed by atoms with E-state index in [1.165, 1.54) is 19.3 Å². The van der Waals surface area contributed by atoms with E-state index in [4.69, 9.17) is 4.74 Å². The van der Waals surface area contributed by atoms with Crippen LogP contribution in [0.2, 0.25) is 0 Å². The third kappa shape index (κ3) is 3.89. The van der Waals surface area contributed by atoms with Crippen molar-refractivity contribution in [2.75, 3.05) is 7.11 Å². The average molecular weight is 238 g/mol. The van der Waals surface area contributed by atoms with Gasteiger partial charge in [0.05, 0.1) is 12.7 Å². The molecule has 1 saturated carbocycles. The van der Waals surface area contributed by atoms with Gasteiger partial charge in [-0.15, -0.1) is 0 Å². The Balaban J connectivity index is 0.000000212. The van der Waals surface area contributed by atoms with Crippen LogP contribution in [0.5, 0.6) is 5.75 Å². The second-order valence-electron chi connectivity index (χ2n) is 3.95. The fourth-order valence-electron chi connectivity index (χ4n) is 1.30. The summed E-state index contributed by atoms with van der Waals surface area (Å²) in [7, 11) is 1.56. The van der Waals surface area contributed by atoms with Crippen LogP contribution >= 0.6 is 12.6 Å². The fraction of sp³-hybridized carbons (Fsp3) is 0.462. The van der Waals surface area contributed by atoms with Gasteiger partial charge in [0, 0.05) is 5.25 Å². The van der Waals surface area contributed by atoms with Gasteiger partial charge in [0.2, 0.25) is 0 Å². The van der Waals surface area contributed by atoms with Crippen LogP contribution < -0.4 is 4.74 Å². The maximum Gasteiger partial charge on any atom is 0.153 e. The van der Waals surface area contributed by atoms with Crippen LogP contribution in [0, 0.1) is 6.92 Å². The summed E-state index contributed by atoms with van der Waals surface area (Å²) in [6, 6.07) is 5.47. The van der Waals surface area contributed by atoms with Crippen molar-refractivity contribution in [3.8, 4) is 5.75 Å². The topological polar surface area (TPSA) is 26.3 Å². The van der Waals surface area contributed by atoms with E-state index in [0.29, 0.717) is 11.3 Å². The highest BCUT2D eigenvalue weighted by molar-refractivity contribution is 7.81. The first kappa shape index (κ1) is 13.1. The Morgan fingerprint density at radius 2 is 2.06 bits per heavy atom. The number of hydrogen-bond donors (Lipinski definition) is 1. The molecule has 0 heterocycles. The number of carbonyl (C=O) groups excluding carboxylic acids is 1. The standard InChI is InChI=1S/C9H10O2.C4H8S/c1-7-3-4-8(6-10)9(5-7)11-2;5-4-2-1-3-4/h3-6H,1-2H3;4-5H,1-3H2. The number of thiol groups is 1. The molecule has 0 aromatic heterocycles. The summed E-state index contributed by atoms with van der Waals surface area (Å²) in [6.07, 6.45) is 4.90. The van der Waals surface area contributed by atoms with Crippen molar-refractivity contribution in [3.63, 3.8) is 0 Å². The number of rotatable bonds is 2. The van der Waals surface area contributed by atoms with Gasteiger partial charge in [-0.3, -0.25) is 4.79 Å². The first-order valence-corrected chi connectivity index (χ1v) is 5.97. The largest absolute Gasteiger partial charge is 0.496 e. The van der Waals surface area contributed by atoms with Crippen molar-refractivity contribution in [2.24, 2.45) is 0 Å². The molecule has 0 spiro atoms. The number of ether oxygens (including phenoxy) is 1. The van der Waals surface area contributed by atoms with Crippen LogP contribution in [0.25, 0.3) is 0 Å². The van der Waals surface area contributed by atoms with Crippen molar-refractivity contribution < 1.29 is 9.53 Å². The van der Waals surface area contributed by atoms with E-state index in [9.17, 15) is 4.79 Å². The van der Waals surface area contributed by atoms with E-state index in [1.54, 1.807) is 13.2 Å². The molecule has 16 heavy (non-hydrogen) atoms. The lowest BCUT2D eigenvalue weighted by molar-refractivity contribution is 0.112. The maximum atomic E-state index is 10.4. The molecule has 0 N–H and O–H groups in total. The highest BCUT2D eigenvalue weighted by atomic mass is 32.1. The number of benzene rings is 1. The molecule has 88 valence electrons. The Morgan fingerprint density at radius 3 is 2.44 bits per heavy atom. The highest BCUT2D eigenvalue weighted by Gasteiger charge is 2.10. The van der Waals surface area contributed by atoms with Gasteiger partial charge in [0.15, 0.2) is 6.29 Å². The summed E-state index contributed by atoms with van der Waals surface area (Å²) in [5.41, 5.74) is 1.69. The van der Waals surface area contributed by atoms with Gasteiger partial charge >= 0.3 is 0 Å². The summed E-state index contributed by atoms with van der Waals surface area (Å²) in [5.74, 6) is 0.639. The van der Waals surface area contributed by atoms with Crippen LogP contribution in [0.1, 0.15) is 35.2 Å². The molecule has 1 aliphatic carbocycles. The number of carbonyl (C=O) groups is 1. The van der Waals surface area contributed by atoms with Gasteiger partial charge in [0.1, 0.15) is 5.75 Å². The molecule has 0 saturated heterocycles. The van der Waals surface area contributed by atoms with Crippen molar-refractivity contribution in [1.29, 1.82) is 0 Å². The summed E-state index contributed by atoms with van der Waals surface area (Å²) >= 11 is 4.18. The quantitative estimate of drug-likeness (QED) is 0.632. The Hall–Kier alpha value is -0.960. The Kier molecular flexibility index (Phi) is 5.39. The van der Waals surface area contributed by atoms with Crippen LogP contribution in [0.3, 0.4) is 0 Å². The number of hydrogen-bond acceptors (Lipinski definition) is 3. The fourth-order valence-corrected chi connectivity index (χ4v) is 1.67.